The molecule has 4 aromatic rings. The summed E-state index contributed by atoms with van der Waals surface area (Å²) in [6.45, 7) is 0. The third kappa shape index (κ3) is 2.55. The molecule has 0 spiro atoms. The Hall–Kier alpha value is -3.14. The molecule has 0 saturated heterocycles. The number of fused-ring (bicyclic) bond motifs is 3. The lowest BCUT2D eigenvalue weighted by atomic mass is 10.0. The molecular formula is C19H15N2O2+. The molecule has 23 heavy (non-hydrogen) atoms. The van der Waals surface area contributed by atoms with Gasteiger partial charge in [-0.1, -0.05) is 30.3 Å². The average molecular weight is 303 g/mol. The van der Waals surface area contributed by atoms with Crippen molar-refractivity contribution in [3.8, 4) is 0 Å². The van der Waals surface area contributed by atoms with E-state index in [-0.39, 0.29) is 12.3 Å². The lowest BCUT2D eigenvalue weighted by molar-refractivity contribution is -0.377. The molecule has 0 aliphatic carbocycles. The van der Waals surface area contributed by atoms with E-state index in [1.807, 2.05) is 36.4 Å². The molecular weight excluding hydrogens is 288 g/mol. The number of rotatable bonds is 3. The monoisotopic (exact) mass is 303 g/mol. The van der Waals surface area contributed by atoms with Gasteiger partial charge in [0.15, 0.2) is 12.4 Å². The van der Waals surface area contributed by atoms with Gasteiger partial charge >= 0.3 is 0 Å². The Morgan fingerprint density at radius 1 is 1.04 bits per heavy atom. The highest BCUT2D eigenvalue weighted by molar-refractivity contribution is 6.09. The number of carbonyl (C=O) groups excluding carboxylic acids is 1. The molecule has 0 fully saturated rings. The standard InChI is InChI=1S/C19H14N2O2/c22-18(21-15-7-9-20-10-8-15)11-14-12-23-17-6-5-13-3-1-2-4-16(13)19(14)17/h1-10,12H,11H2,(H,20,21,22)/p+1. The van der Waals surface area contributed by atoms with Crippen LogP contribution in [0, 0.1) is 0 Å². The minimum atomic E-state index is -0.0631. The van der Waals surface area contributed by atoms with E-state index in [0.29, 0.717) is 0 Å². The van der Waals surface area contributed by atoms with Crippen molar-refractivity contribution in [1.82, 2.24) is 0 Å². The van der Waals surface area contributed by atoms with Gasteiger partial charge in [-0.05, 0) is 16.8 Å². The van der Waals surface area contributed by atoms with Crippen LogP contribution in [0.5, 0.6) is 0 Å². The molecule has 0 bridgehead atoms. The number of carbonyl (C=O) groups is 1. The van der Waals surface area contributed by atoms with Crippen LogP contribution >= 0.6 is 0 Å². The number of anilines is 1. The maximum Gasteiger partial charge on any atom is 0.228 e. The topological polar surface area (TPSA) is 56.4 Å². The van der Waals surface area contributed by atoms with Gasteiger partial charge < -0.3 is 9.73 Å². The molecule has 4 nitrogen and oxygen atoms in total. The van der Waals surface area contributed by atoms with Crippen LogP contribution in [0.25, 0.3) is 21.7 Å². The molecule has 2 heterocycles. The molecule has 0 atom stereocenters. The maximum absolute atomic E-state index is 12.3. The fraction of sp³-hybridized carbons (Fsp3) is 0.0526. The quantitative estimate of drug-likeness (QED) is 0.629. The van der Waals surface area contributed by atoms with E-state index in [9.17, 15) is 4.79 Å². The molecule has 1 amide bonds. The largest absolute Gasteiger partial charge is 0.464 e. The van der Waals surface area contributed by atoms with Crippen LogP contribution in [-0.2, 0) is 11.2 Å². The van der Waals surface area contributed by atoms with E-state index in [4.69, 9.17) is 4.42 Å². The molecule has 2 N–H and O–H groups in total. The fourth-order valence-electron chi connectivity index (χ4n) is 2.85. The molecule has 2 aromatic carbocycles. The summed E-state index contributed by atoms with van der Waals surface area (Å²) in [5, 5.41) is 6.15. The van der Waals surface area contributed by atoms with Crippen LogP contribution in [0.3, 0.4) is 0 Å². The van der Waals surface area contributed by atoms with Crippen molar-refractivity contribution in [2.45, 2.75) is 6.42 Å². The molecule has 0 aliphatic rings. The van der Waals surface area contributed by atoms with E-state index < -0.39 is 0 Å². The Kier molecular flexibility index (Phi) is 3.27. The first kappa shape index (κ1) is 13.5. The van der Waals surface area contributed by atoms with E-state index >= 15 is 0 Å². The first-order valence-corrected chi connectivity index (χ1v) is 7.45. The summed E-state index contributed by atoms with van der Waals surface area (Å²) in [6.07, 6.45) is 5.50. The summed E-state index contributed by atoms with van der Waals surface area (Å²) < 4.78 is 5.62. The number of nitrogens with one attached hydrogen (secondary N) is 2. The molecule has 0 radical (unpaired) electrons. The second-order valence-electron chi connectivity index (χ2n) is 5.43. The van der Waals surface area contributed by atoms with E-state index in [2.05, 4.69) is 22.4 Å². The number of amides is 1. The Bertz CT molecular complexity index is 990. The van der Waals surface area contributed by atoms with Crippen molar-refractivity contribution in [2.75, 3.05) is 5.32 Å². The van der Waals surface area contributed by atoms with Crippen LogP contribution in [0.4, 0.5) is 5.69 Å². The summed E-state index contributed by atoms with van der Waals surface area (Å²) in [4.78, 5) is 15.2. The van der Waals surface area contributed by atoms with Gasteiger partial charge in [0.25, 0.3) is 0 Å². The van der Waals surface area contributed by atoms with Crippen molar-refractivity contribution in [2.24, 2.45) is 0 Å². The SMILES string of the molecule is O=C(Cc1coc2ccc3ccccc3c12)Nc1cc[nH+]cc1. The lowest BCUT2D eigenvalue weighted by Gasteiger charge is -2.04. The van der Waals surface area contributed by atoms with Gasteiger partial charge in [0.2, 0.25) is 5.91 Å². The van der Waals surface area contributed by atoms with Crippen LogP contribution < -0.4 is 10.3 Å². The van der Waals surface area contributed by atoms with Gasteiger partial charge in [0.1, 0.15) is 5.58 Å². The van der Waals surface area contributed by atoms with Gasteiger partial charge in [0, 0.05) is 23.1 Å². The normalized spacial score (nSPS) is 11.0. The number of furan rings is 1. The highest BCUT2D eigenvalue weighted by atomic mass is 16.3. The van der Waals surface area contributed by atoms with Crippen LogP contribution in [-0.4, -0.2) is 5.91 Å². The van der Waals surface area contributed by atoms with Crippen molar-refractivity contribution >= 4 is 33.3 Å². The van der Waals surface area contributed by atoms with Crippen LogP contribution in [0.2, 0.25) is 0 Å². The maximum atomic E-state index is 12.3. The Morgan fingerprint density at radius 2 is 1.87 bits per heavy atom. The number of aromatic nitrogens is 1. The Balaban J connectivity index is 1.69. The van der Waals surface area contributed by atoms with Gasteiger partial charge in [-0.15, -0.1) is 0 Å². The first-order chi connectivity index (χ1) is 11.3. The Labute approximate surface area is 132 Å². The van der Waals surface area contributed by atoms with Crippen molar-refractivity contribution < 1.29 is 14.2 Å². The summed E-state index contributed by atoms with van der Waals surface area (Å²) in [6, 6.07) is 15.7. The molecule has 112 valence electrons. The minimum Gasteiger partial charge on any atom is -0.464 e. The summed E-state index contributed by atoms with van der Waals surface area (Å²) in [5.41, 5.74) is 2.48. The van der Waals surface area contributed by atoms with Crippen LogP contribution in [0.1, 0.15) is 5.56 Å². The predicted molar refractivity (Wildman–Crippen MR) is 89.1 cm³/mol. The van der Waals surface area contributed by atoms with Gasteiger partial charge in [-0.2, -0.15) is 0 Å². The predicted octanol–water partition coefficient (Wildman–Crippen LogP) is 3.58. The number of hydrogen-bond acceptors (Lipinski definition) is 2. The molecule has 4 rings (SSSR count). The van der Waals surface area contributed by atoms with E-state index in [1.54, 1.807) is 18.7 Å². The number of aromatic amines is 1. The van der Waals surface area contributed by atoms with Gasteiger partial charge in [-0.3, -0.25) is 4.79 Å². The number of hydrogen-bond donors (Lipinski definition) is 1. The van der Waals surface area contributed by atoms with Crippen molar-refractivity contribution in [3.63, 3.8) is 0 Å². The smallest absolute Gasteiger partial charge is 0.228 e. The second-order valence-corrected chi connectivity index (χ2v) is 5.43. The Morgan fingerprint density at radius 3 is 2.74 bits per heavy atom. The van der Waals surface area contributed by atoms with Gasteiger partial charge in [0.05, 0.1) is 18.4 Å². The molecule has 0 saturated carbocycles. The highest BCUT2D eigenvalue weighted by Gasteiger charge is 2.13. The van der Waals surface area contributed by atoms with E-state index in [1.165, 1.54) is 0 Å². The zero-order valence-electron chi connectivity index (χ0n) is 12.4. The molecule has 2 aromatic heterocycles. The van der Waals surface area contributed by atoms with E-state index in [0.717, 1.165) is 33.0 Å². The summed E-state index contributed by atoms with van der Waals surface area (Å²) in [7, 11) is 0. The van der Waals surface area contributed by atoms with Gasteiger partial charge in [-0.25, -0.2) is 4.98 Å². The zero-order valence-corrected chi connectivity index (χ0v) is 12.4. The molecule has 0 aliphatic heterocycles. The average Bonchev–Trinajstić information content (AvgIpc) is 2.99. The molecule has 0 unspecified atom stereocenters. The fourth-order valence-corrected chi connectivity index (χ4v) is 2.85. The summed E-state index contributed by atoms with van der Waals surface area (Å²) >= 11 is 0. The van der Waals surface area contributed by atoms with Crippen molar-refractivity contribution in [1.29, 1.82) is 0 Å². The molecule has 4 heteroatoms. The number of H-pyrrole nitrogens is 1. The number of benzene rings is 2. The summed E-state index contributed by atoms with van der Waals surface area (Å²) in [5.74, 6) is -0.0631. The lowest BCUT2D eigenvalue weighted by Crippen LogP contribution is -2.14. The first-order valence-electron chi connectivity index (χ1n) is 7.45. The highest BCUT2D eigenvalue weighted by Crippen LogP contribution is 2.30. The zero-order chi connectivity index (χ0) is 15.6. The third-order valence-corrected chi connectivity index (χ3v) is 3.89. The van der Waals surface area contributed by atoms with Crippen molar-refractivity contribution in [3.05, 3.63) is 72.8 Å². The second kappa shape index (κ2) is 5.57. The minimum absolute atomic E-state index is 0.0631. The number of pyridine rings is 1. The van der Waals surface area contributed by atoms with Crippen LogP contribution in [0.15, 0.2) is 71.6 Å². The third-order valence-electron chi connectivity index (χ3n) is 3.89.